The number of carbonyl (C=O) groups is 1. The summed E-state index contributed by atoms with van der Waals surface area (Å²) in [6.07, 6.45) is 9.89. The second-order valence-corrected chi connectivity index (χ2v) is 9.83. The van der Waals surface area contributed by atoms with Crippen LogP contribution in [0.4, 0.5) is 0 Å². The average molecular weight is 370 g/mol. The molecule has 138 valence electrons. The smallest absolute Gasteiger partial charge is 0.230 e. The molecule has 26 heavy (non-hydrogen) atoms. The van der Waals surface area contributed by atoms with Crippen LogP contribution in [0.5, 0.6) is 0 Å². The van der Waals surface area contributed by atoms with E-state index in [0.717, 1.165) is 40.5 Å². The summed E-state index contributed by atoms with van der Waals surface area (Å²) >= 11 is 1.49. The molecule has 1 heterocycles. The maximum atomic E-state index is 12.2. The van der Waals surface area contributed by atoms with E-state index in [1.807, 2.05) is 24.3 Å². The zero-order valence-corrected chi connectivity index (χ0v) is 16.0. The summed E-state index contributed by atoms with van der Waals surface area (Å²) in [6, 6.07) is 7.97. The van der Waals surface area contributed by atoms with E-state index in [2.05, 4.69) is 15.3 Å². The number of amides is 1. The molecule has 2 N–H and O–H groups in total. The first-order chi connectivity index (χ1) is 12.7. The van der Waals surface area contributed by atoms with Crippen molar-refractivity contribution in [2.75, 3.05) is 12.3 Å². The first kappa shape index (κ1) is 16.7. The highest BCUT2D eigenvalue weighted by Gasteiger charge is 2.50. The molecule has 1 aromatic heterocycles. The van der Waals surface area contributed by atoms with Gasteiger partial charge in [0.05, 0.1) is 16.8 Å². The molecule has 4 bridgehead atoms. The molecule has 2 aromatic rings. The number of benzene rings is 1. The quantitative estimate of drug-likeness (QED) is 0.743. The molecule has 6 rings (SSSR count). The van der Waals surface area contributed by atoms with Crippen molar-refractivity contribution in [1.82, 2.24) is 15.3 Å². The van der Waals surface area contributed by atoms with Crippen molar-refractivity contribution in [3.05, 3.63) is 24.3 Å². The summed E-state index contributed by atoms with van der Waals surface area (Å²) in [7, 11) is 0. The molecule has 5 heteroatoms. The number of hydrogen-bond donors (Lipinski definition) is 2. The van der Waals surface area contributed by atoms with Crippen LogP contribution in [0.15, 0.2) is 29.4 Å². The van der Waals surface area contributed by atoms with Gasteiger partial charge in [-0.3, -0.25) is 4.79 Å². The fourth-order valence-electron chi connectivity index (χ4n) is 6.25. The van der Waals surface area contributed by atoms with Crippen molar-refractivity contribution in [3.8, 4) is 0 Å². The van der Waals surface area contributed by atoms with E-state index in [4.69, 9.17) is 0 Å². The van der Waals surface area contributed by atoms with E-state index in [9.17, 15) is 4.79 Å². The molecule has 0 atom stereocenters. The van der Waals surface area contributed by atoms with Crippen LogP contribution in [0.1, 0.15) is 44.9 Å². The van der Waals surface area contributed by atoms with Crippen molar-refractivity contribution in [2.24, 2.45) is 23.2 Å². The fraction of sp³-hybridized carbons (Fsp3) is 0.619. The van der Waals surface area contributed by atoms with Crippen LogP contribution in [-0.4, -0.2) is 28.2 Å². The Bertz CT molecular complexity index is 746. The molecule has 0 saturated heterocycles. The normalized spacial score (nSPS) is 32.2. The largest absolute Gasteiger partial charge is 0.355 e. The second kappa shape index (κ2) is 6.59. The molecule has 0 radical (unpaired) electrons. The maximum Gasteiger partial charge on any atom is 0.230 e. The molecular formula is C21H27N3OS. The first-order valence-electron chi connectivity index (χ1n) is 10.0. The lowest BCUT2D eigenvalue weighted by molar-refractivity contribution is -0.119. The molecule has 1 amide bonds. The molecular weight excluding hydrogens is 342 g/mol. The van der Waals surface area contributed by atoms with Gasteiger partial charge >= 0.3 is 0 Å². The van der Waals surface area contributed by atoms with Gasteiger partial charge in [-0.1, -0.05) is 23.9 Å². The van der Waals surface area contributed by atoms with Crippen LogP contribution in [0, 0.1) is 23.2 Å². The number of carbonyl (C=O) groups excluding carboxylic acids is 1. The third kappa shape index (κ3) is 3.26. The van der Waals surface area contributed by atoms with E-state index >= 15 is 0 Å². The standard InChI is InChI=1S/C21H27N3OS/c25-19(13-26-20-23-17-3-1-2-4-18(17)24-20)22-6-5-21-10-14-7-15(11-21)9-16(8-14)12-21/h1-4,14-16H,5-13H2,(H,22,25)(H,23,24). The fourth-order valence-corrected chi connectivity index (χ4v) is 6.96. The minimum Gasteiger partial charge on any atom is -0.355 e. The van der Waals surface area contributed by atoms with Gasteiger partial charge in [-0.05, 0) is 80.2 Å². The van der Waals surface area contributed by atoms with Crippen molar-refractivity contribution in [3.63, 3.8) is 0 Å². The van der Waals surface area contributed by atoms with Crippen LogP contribution in [-0.2, 0) is 4.79 Å². The number of nitrogens with one attached hydrogen (secondary N) is 2. The number of fused-ring (bicyclic) bond motifs is 1. The summed E-state index contributed by atoms with van der Waals surface area (Å²) in [5, 5.41) is 3.98. The molecule has 4 saturated carbocycles. The van der Waals surface area contributed by atoms with E-state index in [-0.39, 0.29) is 5.91 Å². The summed E-state index contributed by atoms with van der Waals surface area (Å²) < 4.78 is 0. The molecule has 4 aliphatic carbocycles. The second-order valence-electron chi connectivity index (χ2n) is 8.87. The molecule has 4 aliphatic rings. The molecule has 4 fully saturated rings. The van der Waals surface area contributed by atoms with Crippen molar-refractivity contribution < 1.29 is 4.79 Å². The summed E-state index contributed by atoms with van der Waals surface area (Å²) in [5.41, 5.74) is 2.53. The highest BCUT2D eigenvalue weighted by Crippen LogP contribution is 2.61. The monoisotopic (exact) mass is 369 g/mol. The zero-order valence-electron chi connectivity index (χ0n) is 15.2. The van der Waals surface area contributed by atoms with Crippen molar-refractivity contribution in [1.29, 1.82) is 0 Å². The minimum atomic E-state index is 0.125. The van der Waals surface area contributed by atoms with Crippen LogP contribution >= 0.6 is 11.8 Å². The Morgan fingerprint density at radius 2 is 1.85 bits per heavy atom. The Morgan fingerprint density at radius 3 is 2.54 bits per heavy atom. The van der Waals surface area contributed by atoms with Gasteiger partial charge in [0.15, 0.2) is 5.16 Å². The number of rotatable bonds is 6. The summed E-state index contributed by atoms with van der Waals surface area (Å²) in [4.78, 5) is 20.0. The van der Waals surface area contributed by atoms with Gasteiger partial charge in [0, 0.05) is 6.54 Å². The van der Waals surface area contributed by atoms with Crippen LogP contribution in [0.3, 0.4) is 0 Å². The van der Waals surface area contributed by atoms with Crippen LogP contribution < -0.4 is 5.32 Å². The van der Waals surface area contributed by atoms with Gasteiger partial charge in [0.2, 0.25) is 5.91 Å². The number of para-hydroxylation sites is 2. The maximum absolute atomic E-state index is 12.2. The number of thioether (sulfide) groups is 1. The highest BCUT2D eigenvalue weighted by atomic mass is 32.2. The third-order valence-corrected chi connectivity index (χ3v) is 7.72. The summed E-state index contributed by atoms with van der Waals surface area (Å²) in [5.74, 6) is 3.52. The average Bonchev–Trinajstić information content (AvgIpc) is 3.01. The van der Waals surface area contributed by atoms with Crippen LogP contribution in [0.2, 0.25) is 0 Å². The van der Waals surface area contributed by atoms with E-state index in [0.29, 0.717) is 11.2 Å². The third-order valence-electron chi connectivity index (χ3n) is 6.85. The number of aromatic amines is 1. The van der Waals surface area contributed by atoms with E-state index in [1.54, 1.807) is 0 Å². The Kier molecular flexibility index (Phi) is 4.23. The lowest BCUT2D eigenvalue weighted by Gasteiger charge is -2.57. The Morgan fingerprint density at radius 1 is 1.15 bits per heavy atom. The van der Waals surface area contributed by atoms with Gasteiger partial charge in [-0.15, -0.1) is 0 Å². The number of nitrogens with zero attached hydrogens (tertiary/aromatic N) is 1. The van der Waals surface area contributed by atoms with Gasteiger partial charge in [-0.25, -0.2) is 4.98 Å². The molecule has 0 spiro atoms. The molecule has 1 aromatic carbocycles. The Labute approximate surface area is 158 Å². The molecule has 0 aliphatic heterocycles. The Balaban J connectivity index is 1.10. The zero-order chi connectivity index (χ0) is 17.6. The predicted molar refractivity (Wildman–Crippen MR) is 105 cm³/mol. The topological polar surface area (TPSA) is 57.8 Å². The number of imidazole rings is 1. The van der Waals surface area contributed by atoms with Gasteiger partial charge in [0.25, 0.3) is 0 Å². The predicted octanol–water partition coefficient (Wildman–Crippen LogP) is 4.38. The van der Waals surface area contributed by atoms with Crippen molar-refractivity contribution >= 4 is 28.7 Å². The van der Waals surface area contributed by atoms with Gasteiger partial charge in [0.1, 0.15) is 0 Å². The molecule has 4 nitrogen and oxygen atoms in total. The lowest BCUT2D eigenvalue weighted by atomic mass is 9.49. The van der Waals surface area contributed by atoms with Gasteiger partial charge in [-0.2, -0.15) is 0 Å². The number of hydrogen-bond acceptors (Lipinski definition) is 3. The summed E-state index contributed by atoms with van der Waals surface area (Å²) in [6.45, 7) is 0.839. The SMILES string of the molecule is O=C(CSc1nc2ccccc2[nH]1)NCCC12CC3CC(CC(C3)C1)C2. The van der Waals surface area contributed by atoms with Crippen molar-refractivity contribution in [2.45, 2.75) is 50.1 Å². The van der Waals surface area contributed by atoms with Crippen LogP contribution in [0.25, 0.3) is 11.0 Å². The number of aromatic nitrogens is 2. The molecule has 0 unspecified atom stereocenters. The van der Waals surface area contributed by atoms with Gasteiger partial charge < -0.3 is 10.3 Å². The lowest BCUT2D eigenvalue weighted by Crippen LogP contribution is -2.47. The number of H-pyrrole nitrogens is 1. The van der Waals surface area contributed by atoms with E-state index < -0.39 is 0 Å². The minimum absolute atomic E-state index is 0.125. The Hall–Kier alpha value is -1.49. The van der Waals surface area contributed by atoms with E-state index in [1.165, 1.54) is 56.7 Å². The first-order valence-corrected chi connectivity index (χ1v) is 11.0. The highest BCUT2D eigenvalue weighted by molar-refractivity contribution is 7.99.